The van der Waals surface area contributed by atoms with Gasteiger partial charge in [-0.15, -0.1) is 0 Å². The summed E-state index contributed by atoms with van der Waals surface area (Å²) in [7, 11) is 0. The van der Waals surface area contributed by atoms with Crippen molar-refractivity contribution in [2.75, 3.05) is 0 Å². The first-order valence-electron chi connectivity index (χ1n) is 3.27. The van der Waals surface area contributed by atoms with E-state index in [1.165, 1.54) is 10.9 Å². The van der Waals surface area contributed by atoms with Crippen LogP contribution in [0.2, 0.25) is 0 Å². The fraction of sp³-hybridized carbons (Fsp3) is 0.400. The van der Waals surface area contributed by atoms with E-state index in [1.807, 2.05) is 0 Å². The van der Waals surface area contributed by atoms with Crippen molar-refractivity contribution in [3.63, 3.8) is 0 Å². The van der Waals surface area contributed by atoms with Gasteiger partial charge in [-0.2, -0.15) is 0 Å². The van der Waals surface area contributed by atoms with Crippen LogP contribution >= 0.6 is 0 Å². The van der Waals surface area contributed by atoms with Gasteiger partial charge in [0.1, 0.15) is 0 Å². The fourth-order valence-electron chi connectivity index (χ4n) is 0.728. The van der Waals surface area contributed by atoms with Crippen molar-refractivity contribution < 1.29 is 64.3 Å². The van der Waals surface area contributed by atoms with E-state index in [1.54, 1.807) is 6.92 Å². The molecule has 0 saturated heterocycles. The average Bonchev–Trinajstić information content (AvgIpc) is 2.32. The zero-order chi connectivity index (χ0) is 8.48. The van der Waals surface area contributed by atoms with E-state index < -0.39 is 12.6 Å². The van der Waals surface area contributed by atoms with E-state index in [9.17, 15) is 12.9 Å². The molecule has 1 aromatic rings. The Morgan fingerprint density at radius 3 is 2.33 bits per heavy atom. The van der Waals surface area contributed by atoms with Gasteiger partial charge in [-0.25, -0.2) is 5.10 Å². The van der Waals surface area contributed by atoms with Crippen LogP contribution in [0.5, 0.6) is 0 Å². The Hall–Kier alpha value is 0.701. The third-order valence-electron chi connectivity index (χ3n) is 1.32. The molecule has 1 heterocycles. The molecule has 0 aliphatic carbocycles. The summed E-state index contributed by atoms with van der Waals surface area (Å²) in [5.74, 6) is 0. The van der Waals surface area contributed by atoms with Crippen molar-refractivity contribution >= 4 is 12.6 Å². The molecule has 0 radical (unpaired) electrons. The van der Waals surface area contributed by atoms with Crippen molar-refractivity contribution in [2.24, 2.45) is 0 Å². The Balaban J connectivity index is 0.00000121. The number of rotatable bonds is 2. The molecule has 0 aromatic carbocycles. The molecular weight excluding hydrogens is 195 g/mol. The molecule has 0 aliphatic rings. The Labute approximate surface area is 111 Å². The molecule has 7 heteroatoms. The Morgan fingerprint density at radius 1 is 1.50 bits per heavy atom. The zero-order valence-electron chi connectivity index (χ0n) is 6.97. The number of hydrogen-bond donors (Lipinski definition) is 0. The second kappa shape index (κ2) is 4.80. The van der Waals surface area contributed by atoms with Gasteiger partial charge in [-0.3, -0.25) is 4.68 Å². The first-order valence-corrected chi connectivity index (χ1v) is 3.27. The molecule has 0 fully saturated rings. The van der Waals surface area contributed by atoms with Gasteiger partial charge in [-0.05, 0) is 6.92 Å². The molecule has 0 N–H and O–H groups in total. The zero-order valence-corrected chi connectivity index (χ0v) is 10.1. The second-order valence-corrected chi connectivity index (χ2v) is 2.17. The van der Waals surface area contributed by atoms with Gasteiger partial charge < -0.3 is 12.9 Å². The van der Waals surface area contributed by atoms with Crippen molar-refractivity contribution in [3.8, 4) is 0 Å². The maximum Gasteiger partial charge on any atom is 1.00 e. The third-order valence-corrected chi connectivity index (χ3v) is 1.32. The summed E-state index contributed by atoms with van der Waals surface area (Å²) in [6.45, 7) is -2.72. The van der Waals surface area contributed by atoms with Gasteiger partial charge in [-0.1, -0.05) is 6.07 Å². The third kappa shape index (κ3) is 3.21. The van der Waals surface area contributed by atoms with E-state index in [4.69, 9.17) is 0 Å². The van der Waals surface area contributed by atoms with Crippen LogP contribution in [-0.4, -0.2) is 16.8 Å². The summed E-state index contributed by atoms with van der Waals surface area (Å²) in [6, 6.07) is 0.990. The SMILES string of the molecule is CCn1ccc([B-](F)(F)F)n1.[K+]. The molecule has 2 nitrogen and oxygen atoms in total. The molecule has 1 rings (SSSR count). The quantitative estimate of drug-likeness (QED) is 0.505. The van der Waals surface area contributed by atoms with Gasteiger partial charge in [0.15, 0.2) is 0 Å². The van der Waals surface area contributed by atoms with Crippen molar-refractivity contribution in [2.45, 2.75) is 13.5 Å². The Bertz CT molecular complexity index is 247. The van der Waals surface area contributed by atoms with E-state index in [2.05, 4.69) is 5.10 Å². The Kier molecular flexibility index (Phi) is 5.08. The first-order chi connectivity index (χ1) is 5.04. The van der Waals surface area contributed by atoms with Gasteiger partial charge >= 0.3 is 58.4 Å². The van der Waals surface area contributed by atoms with Crippen LogP contribution in [0.3, 0.4) is 0 Å². The van der Waals surface area contributed by atoms with Gasteiger partial charge in [0.2, 0.25) is 0 Å². The minimum atomic E-state index is -4.92. The fourth-order valence-corrected chi connectivity index (χ4v) is 0.728. The van der Waals surface area contributed by atoms with Crippen LogP contribution in [-0.2, 0) is 6.54 Å². The molecule has 1 aromatic heterocycles. The molecule has 0 atom stereocenters. The summed E-state index contributed by atoms with van der Waals surface area (Å²) in [5.41, 5.74) is -0.771. The predicted molar refractivity (Wildman–Crippen MR) is 36.6 cm³/mol. The van der Waals surface area contributed by atoms with Crippen LogP contribution in [0, 0.1) is 0 Å². The summed E-state index contributed by atoms with van der Waals surface area (Å²) in [6.07, 6.45) is 1.32. The standard InChI is InChI=1S/C5H7BF3N2.K/c1-2-11-4-3-5(10-11)6(7,8)9;/h3-4H,2H2,1H3;/q-1;+1. The number of aryl methyl sites for hydroxylation is 1. The molecule has 0 saturated carbocycles. The maximum absolute atomic E-state index is 11.9. The molecule has 12 heavy (non-hydrogen) atoms. The van der Waals surface area contributed by atoms with Crippen LogP contribution in [0.15, 0.2) is 12.3 Å². The minimum Gasteiger partial charge on any atom is -0.444 e. The number of hydrogen-bond acceptors (Lipinski definition) is 1. The average molecular weight is 202 g/mol. The van der Waals surface area contributed by atoms with Crippen LogP contribution < -0.4 is 57.0 Å². The van der Waals surface area contributed by atoms with Gasteiger partial charge in [0, 0.05) is 18.3 Å². The van der Waals surface area contributed by atoms with Crippen molar-refractivity contribution in [3.05, 3.63) is 12.3 Å². The summed E-state index contributed by atoms with van der Waals surface area (Å²) in [4.78, 5) is 0. The number of aromatic nitrogens is 2. The monoisotopic (exact) mass is 202 g/mol. The van der Waals surface area contributed by atoms with Crippen molar-refractivity contribution in [1.29, 1.82) is 0 Å². The number of halogens is 3. The van der Waals surface area contributed by atoms with Crippen LogP contribution in [0.1, 0.15) is 6.92 Å². The normalized spacial score (nSPS) is 11.0. The smallest absolute Gasteiger partial charge is 0.444 e. The van der Waals surface area contributed by atoms with Gasteiger partial charge in [0.05, 0.1) is 0 Å². The first kappa shape index (κ1) is 12.7. The molecule has 62 valence electrons. The van der Waals surface area contributed by atoms with E-state index in [0.29, 0.717) is 6.54 Å². The van der Waals surface area contributed by atoms with Crippen LogP contribution in [0.4, 0.5) is 12.9 Å². The van der Waals surface area contributed by atoms with E-state index >= 15 is 0 Å². The van der Waals surface area contributed by atoms with Crippen LogP contribution in [0.25, 0.3) is 0 Å². The molecule has 0 bridgehead atoms. The maximum atomic E-state index is 11.9. The molecule has 0 amide bonds. The predicted octanol–water partition coefficient (Wildman–Crippen LogP) is -2.04. The second-order valence-electron chi connectivity index (χ2n) is 2.17. The topological polar surface area (TPSA) is 17.8 Å². The minimum absolute atomic E-state index is 0. The van der Waals surface area contributed by atoms with E-state index in [0.717, 1.165) is 6.07 Å². The van der Waals surface area contributed by atoms with E-state index in [-0.39, 0.29) is 51.4 Å². The number of nitrogens with zero attached hydrogens (tertiary/aromatic N) is 2. The molecule has 0 aliphatic heterocycles. The Morgan fingerprint density at radius 2 is 2.08 bits per heavy atom. The largest absolute Gasteiger partial charge is 1.00 e. The van der Waals surface area contributed by atoms with Crippen molar-refractivity contribution in [1.82, 2.24) is 9.78 Å². The molecular formula is C5H7BF3KN2. The van der Waals surface area contributed by atoms with Gasteiger partial charge in [0.25, 0.3) is 0 Å². The molecule has 0 spiro atoms. The summed E-state index contributed by atoms with van der Waals surface area (Å²) >= 11 is 0. The molecule has 0 unspecified atom stereocenters. The summed E-state index contributed by atoms with van der Waals surface area (Å²) in [5, 5.41) is 3.32. The summed E-state index contributed by atoms with van der Waals surface area (Å²) < 4.78 is 37.0.